The quantitative estimate of drug-likeness (QED) is 0.449. The van der Waals surface area contributed by atoms with E-state index in [2.05, 4.69) is 24.3 Å². The maximum Gasteiger partial charge on any atom is 0.165 e. The Balaban J connectivity index is 1.75. The Morgan fingerprint density at radius 1 is 0.767 bits per heavy atom. The zero-order valence-corrected chi connectivity index (χ0v) is 16.5. The van der Waals surface area contributed by atoms with Crippen molar-refractivity contribution in [3.8, 4) is 39.3 Å². The number of anilines is 1. The Labute approximate surface area is 174 Å². The molecule has 3 aromatic carbocycles. The van der Waals surface area contributed by atoms with Crippen LogP contribution in [0.1, 0.15) is 0 Å². The van der Waals surface area contributed by atoms with Crippen molar-refractivity contribution in [1.29, 1.82) is 0 Å². The molecule has 146 valence electrons. The minimum absolute atomic E-state index is 0.462. The lowest BCUT2D eigenvalue weighted by Gasteiger charge is -2.08. The molecule has 0 fully saturated rings. The van der Waals surface area contributed by atoms with E-state index in [0.717, 1.165) is 44.9 Å². The van der Waals surface area contributed by atoms with Gasteiger partial charge in [0.25, 0.3) is 0 Å². The van der Waals surface area contributed by atoms with Crippen LogP contribution in [0, 0.1) is 0 Å². The Bertz CT molecular complexity index is 1310. The minimum Gasteiger partial charge on any atom is -0.497 e. The number of nitrogens with two attached hydrogens (primary N) is 1. The van der Waals surface area contributed by atoms with E-state index in [9.17, 15) is 0 Å². The van der Waals surface area contributed by atoms with Gasteiger partial charge in [-0.15, -0.1) is 0 Å². The molecule has 30 heavy (non-hydrogen) atoms. The number of methoxy groups -OCH3 is 1. The van der Waals surface area contributed by atoms with Crippen molar-refractivity contribution in [3.05, 3.63) is 91.1 Å². The molecule has 0 saturated heterocycles. The average Bonchev–Trinajstić information content (AvgIpc) is 3.18. The van der Waals surface area contributed by atoms with E-state index < -0.39 is 0 Å². The normalized spacial score (nSPS) is 11.0. The van der Waals surface area contributed by atoms with Crippen LogP contribution in [0.15, 0.2) is 91.1 Å². The summed E-state index contributed by atoms with van der Waals surface area (Å²) < 4.78 is 7.08. The summed E-state index contributed by atoms with van der Waals surface area (Å²) in [5.41, 5.74) is 12.8. The van der Waals surface area contributed by atoms with Gasteiger partial charge in [-0.3, -0.25) is 0 Å². The van der Waals surface area contributed by atoms with E-state index in [4.69, 9.17) is 20.6 Å². The third-order valence-corrected chi connectivity index (χ3v) is 5.15. The van der Waals surface area contributed by atoms with Crippen molar-refractivity contribution in [1.82, 2.24) is 14.6 Å². The van der Waals surface area contributed by atoms with Crippen LogP contribution in [0.4, 0.5) is 5.82 Å². The lowest BCUT2D eigenvalue weighted by molar-refractivity contribution is 0.415. The molecule has 0 saturated carbocycles. The topological polar surface area (TPSA) is 65.4 Å². The fourth-order valence-electron chi connectivity index (χ4n) is 3.65. The summed E-state index contributed by atoms with van der Waals surface area (Å²) in [5.74, 6) is 1.26. The SMILES string of the molecule is COc1ccc(-c2cn3nc(-c4ccccc4)c(-c4ccccc4)c3nc2N)cc1. The van der Waals surface area contributed by atoms with Crippen LogP contribution in [-0.4, -0.2) is 21.7 Å². The molecule has 0 unspecified atom stereocenters. The number of fused-ring (bicyclic) bond motifs is 1. The maximum absolute atomic E-state index is 6.40. The molecule has 2 aromatic heterocycles. The predicted molar refractivity (Wildman–Crippen MR) is 120 cm³/mol. The summed E-state index contributed by atoms with van der Waals surface area (Å²) >= 11 is 0. The number of ether oxygens (including phenoxy) is 1. The molecule has 0 amide bonds. The van der Waals surface area contributed by atoms with Gasteiger partial charge in [-0.1, -0.05) is 72.8 Å². The van der Waals surface area contributed by atoms with Gasteiger partial charge in [-0.05, 0) is 23.3 Å². The van der Waals surface area contributed by atoms with Gasteiger partial charge >= 0.3 is 0 Å². The summed E-state index contributed by atoms with van der Waals surface area (Å²) in [5, 5.41) is 4.89. The zero-order valence-electron chi connectivity index (χ0n) is 16.5. The standard InChI is InChI=1S/C25H20N4O/c1-30-20-14-12-17(13-15-20)21-16-29-25(27-24(21)26)22(18-8-4-2-5-9-18)23(28-29)19-10-6-3-7-11-19/h2-16H,1H3,(H2,26,27). The molecule has 0 atom stereocenters. The molecule has 0 bridgehead atoms. The van der Waals surface area contributed by atoms with Crippen LogP contribution >= 0.6 is 0 Å². The molecule has 5 aromatic rings. The van der Waals surface area contributed by atoms with E-state index in [1.165, 1.54) is 0 Å². The molecular weight excluding hydrogens is 372 g/mol. The molecule has 0 radical (unpaired) electrons. The van der Waals surface area contributed by atoms with Gasteiger partial charge in [0, 0.05) is 17.3 Å². The molecule has 0 aliphatic rings. The highest BCUT2D eigenvalue weighted by molar-refractivity contribution is 5.91. The van der Waals surface area contributed by atoms with Crippen LogP contribution in [0.25, 0.3) is 39.2 Å². The number of benzene rings is 3. The molecule has 5 heteroatoms. The van der Waals surface area contributed by atoms with Gasteiger partial charge < -0.3 is 10.5 Å². The Morgan fingerprint density at radius 2 is 1.40 bits per heavy atom. The van der Waals surface area contributed by atoms with Crippen molar-refractivity contribution >= 4 is 11.5 Å². The molecule has 2 N–H and O–H groups in total. The van der Waals surface area contributed by atoms with Crippen molar-refractivity contribution in [2.45, 2.75) is 0 Å². The van der Waals surface area contributed by atoms with E-state index in [1.807, 2.05) is 71.4 Å². The van der Waals surface area contributed by atoms with Crippen molar-refractivity contribution in [3.63, 3.8) is 0 Å². The largest absolute Gasteiger partial charge is 0.497 e. The smallest absolute Gasteiger partial charge is 0.165 e. The predicted octanol–water partition coefficient (Wildman–Crippen LogP) is 5.32. The van der Waals surface area contributed by atoms with Crippen molar-refractivity contribution in [2.75, 3.05) is 12.8 Å². The third kappa shape index (κ3) is 3.06. The second kappa shape index (κ2) is 7.37. The number of rotatable bonds is 4. The fraction of sp³-hybridized carbons (Fsp3) is 0.0400. The Kier molecular flexibility index (Phi) is 4.41. The highest BCUT2D eigenvalue weighted by atomic mass is 16.5. The molecule has 5 rings (SSSR count). The Hall–Kier alpha value is -4.12. The molecular formula is C25H20N4O. The maximum atomic E-state index is 6.40. The van der Waals surface area contributed by atoms with Gasteiger partial charge in [0.05, 0.1) is 12.7 Å². The second-order valence-electron chi connectivity index (χ2n) is 6.99. The monoisotopic (exact) mass is 392 g/mol. The lowest BCUT2D eigenvalue weighted by atomic mass is 10.0. The van der Waals surface area contributed by atoms with Crippen molar-refractivity contribution < 1.29 is 4.74 Å². The first-order valence-electron chi connectivity index (χ1n) is 9.69. The molecule has 0 aliphatic heterocycles. The first-order chi connectivity index (χ1) is 14.7. The number of hydrogen-bond donors (Lipinski definition) is 1. The molecule has 0 aliphatic carbocycles. The van der Waals surface area contributed by atoms with Crippen molar-refractivity contribution in [2.24, 2.45) is 0 Å². The summed E-state index contributed by atoms with van der Waals surface area (Å²) in [6.07, 6.45) is 1.94. The van der Waals surface area contributed by atoms with Gasteiger partial charge in [0.2, 0.25) is 0 Å². The van der Waals surface area contributed by atoms with E-state index in [1.54, 1.807) is 7.11 Å². The van der Waals surface area contributed by atoms with Crippen LogP contribution < -0.4 is 10.5 Å². The number of aromatic nitrogens is 3. The Morgan fingerprint density at radius 3 is 2.03 bits per heavy atom. The first-order valence-corrected chi connectivity index (χ1v) is 9.69. The zero-order chi connectivity index (χ0) is 20.5. The minimum atomic E-state index is 0.462. The second-order valence-corrected chi connectivity index (χ2v) is 6.99. The first kappa shape index (κ1) is 17.9. The molecule has 5 nitrogen and oxygen atoms in total. The van der Waals surface area contributed by atoms with Gasteiger partial charge in [-0.2, -0.15) is 5.10 Å². The van der Waals surface area contributed by atoms with E-state index in [-0.39, 0.29) is 0 Å². The van der Waals surface area contributed by atoms with E-state index in [0.29, 0.717) is 5.82 Å². The van der Waals surface area contributed by atoms with Gasteiger partial charge in [0.1, 0.15) is 17.3 Å². The highest BCUT2D eigenvalue weighted by Gasteiger charge is 2.19. The average molecular weight is 392 g/mol. The van der Waals surface area contributed by atoms with Gasteiger partial charge in [0.15, 0.2) is 5.65 Å². The van der Waals surface area contributed by atoms with Crippen LogP contribution in [0.2, 0.25) is 0 Å². The molecule has 0 spiro atoms. The summed E-state index contributed by atoms with van der Waals surface area (Å²) in [6, 6.07) is 28.1. The summed E-state index contributed by atoms with van der Waals surface area (Å²) in [7, 11) is 1.65. The summed E-state index contributed by atoms with van der Waals surface area (Å²) in [4.78, 5) is 4.76. The van der Waals surface area contributed by atoms with Crippen LogP contribution in [-0.2, 0) is 0 Å². The lowest BCUT2D eigenvalue weighted by Crippen LogP contribution is -2.00. The highest BCUT2D eigenvalue weighted by Crippen LogP contribution is 2.36. The number of nitrogens with zero attached hydrogens (tertiary/aromatic N) is 3. The number of hydrogen-bond acceptors (Lipinski definition) is 4. The third-order valence-electron chi connectivity index (χ3n) is 5.15. The van der Waals surface area contributed by atoms with Crippen LogP contribution in [0.3, 0.4) is 0 Å². The fourth-order valence-corrected chi connectivity index (χ4v) is 3.65. The van der Waals surface area contributed by atoms with Crippen LogP contribution in [0.5, 0.6) is 5.75 Å². The van der Waals surface area contributed by atoms with E-state index >= 15 is 0 Å². The number of nitrogen functional groups attached to an aromatic ring is 1. The van der Waals surface area contributed by atoms with Gasteiger partial charge in [-0.25, -0.2) is 9.50 Å². The summed E-state index contributed by atoms with van der Waals surface area (Å²) in [6.45, 7) is 0. The molecule has 2 heterocycles.